The zero-order valence-electron chi connectivity index (χ0n) is 20.5. The van der Waals surface area contributed by atoms with Crippen LogP contribution < -0.4 is 24.4 Å². The summed E-state index contributed by atoms with van der Waals surface area (Å²) in [6.45, 7) is 0.908. The van der Waals surface area contributed by atoms with Crippen LogP contribution in [0, 0.1) is 0 Å². The van der Waals surface area contributed by atoms with Crippen molar-refractivity contribution in [2.24, 2.45) is 0 Å². The fraction of sp³-hybridized carbons (Fsp3) is 0.222. The molecule has 0 aliphatic heterocycles. The van der Waals surface area contributed by atoms with Gasteiger partial charge in [-0.2, -0.15) is 0 Å². The van der Waals surface area contributed by atoms with Crippen LogP contribution in [0.15, 0.2) is 65.6 Å². The third-order valence-electron chi connectivity index (χ3n) is 6.15. The fourth-order valence-corrected chi connectivity index (χ4v) is 4.47. The second kappa shape index (κ2) is 9.61. The SMILES string of the molecule is COc1ccc2c(c1)c(=O)c1ccccc1n2Cc1cn(Cc2cc(OC)c(OC)c(OC)c2)nn1. The van der Waals surface area contributed by atoms with Gasteiger partial charge in [-0.25, -0.2) is 4.68 Å². The predicted octanol–water partition coefficient (Wildman–Crippen LogP) is 3.88. The van der Waals surface area contributed by atoms with Gasteiger partial charge < -0.3 is 23.5 Å². The first kappa shape index (κ1) is 23.2. The largest absolute Gasteiger partial charge is 0.497 e. The number of methoxy groups -OCH3 is 4. The lowest BCUT2D eigenvalue weighted by Gasteiger charge is -2.15. The van der Waals surface area contributed by atoms with E-state index in [2.05, 4.69) is 14.9 Å². The lowest BCUT2D eigenvalue weighted by molar-refractivity contribution is 0.323. The van der Waals surface area contributed by atoms with E-state index >= 15 is 0 Å². The van der Waals surface area contributed by atoms with Crippen molar-refractivity contribution in [3.8, 4) is 23.0 Å². The standard InChI is InChI=1S/C27H26N4O5/c1-33-19-9-10-23-21(13-19)26(32)20-7-5-6-8-22(20)31(23)16-18-15-30(29-28-18)14-17-11-24(34-2)27(36-4)25(12-17)35-3/h5-13,15H,14,16H2,1-4H3. The summed E-state index contributed by atoms with van der Waals surface area (Å²) in [4.78, 5) is 13.2. The summed E-state index contributed by atoms with van der Waals surface area (Å²) in [5.74, 6) is 2.33. The molecule has 5 aromatic rings. The Labute approximate surface area is 207 Å². The molecule has 9 nitrogen and oxygen atoms in total. The van der Waals surface area contributed by atoms with Crippen LogP contribution in [0.25, 0.3) is 21.8 Å². The Kier molecular flexibility index (Phi) is 6.20. The first-order chi connectivity index (χ1) is 17.6. The predicted molar refractivity (Wildman–Crippen MR) is 137 cm³/mol. The van der Waals surface area contributed by atoms with E-state index in [-0.39, 0.29) is 5.43 Å². The number of para-hydroxylation sites is 1. The number of fused-ring (bicyclic) bond motifs is 2. The molecule has 0 saturated carbocycles. The summed E-state index contributed by atoms with van der Waals surface area (Å²) in [7, 11) is 6.34. The highest BCUT2D eigenvalue weighted by atomic mass is 16.5. The van der Waals surface area contributed by atoms with Crippen LogP contribution in [-0.4, -0.2) is 48.0 Å². The van der Waals surface area contributed by atoms with Crippen molar-refractivity contribution in [1.29, 1.82) is 0 Å². The van der Waals surface area contributed by atoms with E-state index in [0.29, 0.717) is 46.9 Å². The molecule has 0 saturated heterocycles. The maximum atomic E-state index is 13.2. The average molecular weight is 487 g/mol. The molecule has 2 heterocycles. The normalized spacial score (nSPS) is 11.1. The van der Waals surface area contributed by atoms with Gasteiger partial charge in [-0.05, 0) is 48.0 Å². The fourth-order valence-electron chi connectivity index (χ4n) is 4.47. The molecule has 0 fully saturated rings. The molecule has 0 radical (unpaired) electrons. The highest BCUT2D eigenvalue weighted by Crippen LogP contribution is 2.38. The molecule has 0 spiro atoms. The van der Waals surface area contributed by atoms with Gasteiger partial charge in [0.15, 0.2) is 16.9 Å². The summed E-state index contributed by atoms with van der Waals surface area (Å²) >= 11 is 0. The number of pyridine rings is 1. The zero-order valence-corrected chi connectivity index (χ0v) is 20.5. The number of rotatable bonds is 8. The summed E-state index contributed by atoms with van der Waals surface area (Å²) in [5.41, 5.74) is 3.29. The minimum Gasteiger partial charge on any atom is -0.497 e. The topological polar surface area (TPSA) is 89.6 Å². The highest BCUT2D eigenvalue weighted by Gasteiger charge is 2.15. The van der Waals surface area contributed by atoms with Crippen molar-refractivity contribution in [1.82, 2.24) is 19.6 Å². The molecule has 0 bridgehead atoms. The van der Waals surface area contributed by atoms with E-state index in [1.54, 1.807) is 39.2 Å². The summed E-state index contributed by atoms with van der Waals surface area (Å²) in [6.07, 6.45) is 1.89. The zero-order chi connectivity index (χ0) is 25.2. The van der Waals surface area contributed by atoms with Crippen LogP contribution in [0.2, 0.25) is 0 Å². The lowest BCUT2D eigenvalue weighted by Crippen LogP contribution is -2.12. The molecular weight excluding hydrogens is 460 g/mol. The maximum absolute atomic E-state index is 13.2. The lowest BCUT2D eigenvalue weighted by atomic mass is 10.1. The molecule has 0 N–H and O–H groups in total. The number of ether oxygens (including phenoxy) is 4. The molecular formula is C27H26N4O5. The van der Waals surface area contributed by atoms with Crippen LogP contribution in [-0.2, 0) is 13.1 Å². The molecule has 0 unspecified atom stereocenters. The highest BCUT2D eigenvalue weighted by molar-refractivity contribution is 5.94. The molecule has 5 rings (SSSR count). The van der Waals surface area contributed by atoms with E-state index < -0.39 is 0 Å². The molecule has 36 heavy (non-hydrogen) atoms. The number of hydrogen-bond acceptors (Lipinski definition) is 7. The number of aromatic nitrogens is 4. The molecule has 0 aliphatic carbocycles. The molecule has 184 valence electrons. The van der Waals surface area contributed by atoms with Gasteiger partial charge in [0.2, 0.25) is 5.75 Å². The van der Waals surface area contributed by atoms with E-state index in [1.807, 2.05) is 54.7 Å². The van der Waals surface area contributed by atoms with Crippen LogP contribution in [0.4, 0.5) is 0 Å². The molecule has 9 heteroatoms. The number of nitrogens with zero attached hydrogens (tertiary/aromatic N) is 4. The van der Waals surface area contributed by atoms with Gasteiger partial charge >= 0.3 is 0 Å². The minimum absolute atomic E-state index is 0.0261. The van der Waals surface area contributed by atoms with Gasteiger partial charge in [0.05, 0.1) is 58.8 Å². The Hall–Kier alpha value is -4.53. The van der Waals surface area contributed by atoms with Gasteiger partial charge in [0, 0.05) is 10.8 Å². The Morgan fingerprint density at radius 3 is 2.19 bits per heavy atom. The second-order valence-electron chi connectivity index (χ2n) is 8.26. The van der Waals surface area contributed by atoms with E-state index in [1.165, 1.54) is 0 Å². The minimum atomic E-state index is -0.0261. The Morgan fingerprint density at radius 1 is 0.778 bits per heavy atom. The Balaban J connectivity index is 1.52. The van der Waals surface area contributed by atoms with E-state index in [4.69, 9.17) is 18.9 Å². The van der Waals surface area contributed by atoms with Crippen molar-refractivity contribution < 1.29 is 18.9 Å². The van der Waals surface area contributed by atoms with Gasteiger partial charge in [0.25, 0.3) is 0 Å². The van der Waals surface area contributed by atoms with Crippen LogP contribution >= 0.6 is 0 Å². The van der Waals surface area contributed by atoms with E-state index in [9.17, 15) is 4.79 Å². The smallest absolute Gasteiger partial charge is 0.203 e. The van der Waals surface area contributed by atoms with E-state index in [0.717, 1.165) is 22.3 Å². The Bertz CT molecular complexity index is 1600. The monoisotopic (exact) mass is 486 g/mol. The van der Waals surface area contributed by atoms with Gasteiger partial charge in [-0.15, -0.1) is 5.10 Å². The third kappa shape index (κ3) is 4.08. The number of hydrogen-bond donors (Lipinski definition) is 0. The van der Waals surface area contributed by atoms with Gasteiger partial charge in [0.1, 0.15) is 11.4 Å². The van der Waals surface area contributed by atoms with Crippen LogP contribution in [0.5, 0.6) is 23.0 Å². The Morgan fingerprint density at radius 2 is 1.50 bits per heavy atom. The van der Waals surface area contributed by atoms with Crippen LogP contribution in [0.3, 0.4) is 0 Å². The van der Waals surface area contributed by atoms with Crippen molar-refractivity contribution in [2.45, 2.75) is 13.1 Å². The van der Waals surface area contributed by atoms with Crippen molar-refractivity contribution in [2.75, 3.05) is 28.4 Å². The van der Waals surface area contributed by atoms with Crippen molar-refractivity contribution in [3.63, 3.8) is 0 Å². The molecule has 0 aliphatic rings. The maximum Gasteiger partial charge on any atom is 0.203 e. The quantitative estimate of drug-likeness (QED) is 0.308. The number of benzene rings is 3. The van der Waals surface area contributed by atoms with Crippen LogP contribution in [0.1, 0.15) is 11.3 Å². The molecule has 2 aromatic heterocycles. The summed E-state index contributed by atoms with van der Waals surface area (Å²) in [6, 6.07) is 16.9. The summed E-state index contributed by atoms with van der Waals surface area (Å²) in [5, 5.41) is 9.96. The van der Waals surface area contributed by atoms with Crippen molar-refractivity contribution in [3.05, 3.63) is 82.3 Å². The van der Waals surface area contributed by atoms with Gasteiger partial charge in [-0.1, -0.05) is 17.3 Å². The first-order valence-corrected chi connectivity index (χ1v) is 11.3. The second-order valence-corrected chi connectivity index (χ2v) is 8.26. The summed E-state index contributed by atoms with van der Waals surface area (Å²) < 4.78 is 25.5. The van der Waals surface area contributed by atoms with Gasteiger partial charge in [-0.3, -0.25) is 4.79 Å². The average Bonchev–Trinajstić information content (AvgIpc) is 3.36. The third-order valence-corrected chi connectivity index (χ3v) is 6.15. The first-order valence-electron chi connectivity index (χ1n) is 11.3. The molecule has 0 atom stereocenters. The van der Waals surface area contributed by atoms with Crippen molar-refractivity contribution >= 4 is 21.8 Å². The molecule has 0 amide bonds. The molecule has 3 aromatic carbocycles.